The Morgan fingerprint density at radius 3 is 0.979 bits per heavy atom. The Hall–Kier alpha value is -6.94. The lowest BCUT2D eigenvalue weighted by atomic mass is 9.97. The van der Waals surface area contributed by atoms with Gasteiger partial charge < -0.3 is 57.3 Å². The Balaban J connectivity index is 1.35. The van der Waals surface area contributed by atoms with Gasteiger partial charge in [0.15, 0.2) is 0 Å². The summed E-state index contributed by atoms with van der Waals surface area (Å²) in [5.41, 5.74) is 73.9. The van der Waals surface area contributed by atoms with Gasteiger partial charge in [0.2, 0.25) is 0 Å². The number of anilines is 10. The Morgan fingerprint density at radius 2 is 0.583 bits per heavy atom. The molecule has 0 unspecified atom stereocenters. The number of rotatable bonds is 0. The molecule has 11 rings (SSSR count). The molecular formula is C38H28N10. The fourth-order valence-electron chi connectivity index (χ4n) is 9.34. The van der Waals surface area contributed by atoms with Crippen molar-refractivity contribution in [2.75, 3.05) is 57.3 Å². The number of fused-ring (bicyclic) bond motifs is 10. The van der Waals surface area contributed by atoms with Crippen molar-refractivity contribution in [3.05, 3.63) is 69.4 Å². The van der Waals surface area contributed by atoms with E-state index in [2.05, 4.69) is 48.5 Å². The van der Waals surface area contributed by atoms with E-state index in [1.807, 2.05) is 0 Å². The molecule has 0 aliphatic heterocycles. The van der Waals surface area contributed by atoms with E-state index < -0.39 is 0 Å². The zero-order valence-corrected chi connectivity index (χ0v) is 25.4. The zero-order valence-electron chi connectivity index (χ0n) is 25.4. The Morgan fingerprint density at radius 1 is 0.250 bits per heavy atom. The van der Waals surface area contributed by atoms with Crippen LogP contribution in [-0.4, -0.2) is 0 Å². The minimum Gasteiger partial charge on any atom is -0.398 e. The molecular weight excluding hydrogens is 596 g/mol. The van der Waals surface area contributed by atoms with Crippen LogP contribution in [-0.2, 0) is 0 Å². The summed E-state index contributed by atoms with van der Waals surface area (Å²) in [7, 11) is 0. The van der Waals surface area contributed by atoms with Crippen LogP contribution in [0.2, 0.25) is 0 Å². The minimum absolute atomic E-state index is 0.295. The van der Waals surface area contributed by atoms with Crippen molar-refractivity contribution >= 4 is 122 Å². The number of nitrogen functional groups attached to an aromatic ring is 10. The van der Waals surface area contributed by atoms with Crippen molar-refractivity contribution in [3.8, 4) is 22.3 Å². The fraction of sp³-hybridized carbons (Fsp3) is 0. The van der Waals surface area contributed by atoms with Crippen molar-refractivity contribution in [3.63, 3.8) is 0 Å². The van der Waals surface area contributed by atoms with Crippen LogP contribution < -0.4 is 57.3 Å². The smallest absolute Gasteiger partial charge is 0.0809 e. The molecule has 0 heterocycles. The first-order chi connectivity index (χ1) is 23.0. The Kier molecular flexibility index (Phi) is 3.88. The van der Waals surface area contributed by atoms with Gasteiger partial charge in [-0.15, -0.1) is 0 Å². The first-order valence-electron chi connectivity index (χ1n) is 15.5. The van der Waals surface area contributed by atoms with Crippen molar-refractivity contribution in [2.45, 2.75) is 0 Å². The summed E-state index contributed by atoms with van der Waals surface area (Å²) >= 11 is 0. The van der Waals surface area contributed by atoms with E-state index >= 15 is 0 Å². The monoisotopic (exact) mass is 624 g/mol. The lowest BCUT2D eigenvalue weighted by Gasteiger charge is -2.15. The Bertz CT molecular complexity index is 3120. The summed E-state index contributed by atoms with van der Waals surface area (Å²) in [6.45, 7) is 0. The standard InChI is InChI=1S/C38H28N10/c39-29-21-9-1-5-13-19-14(26-25(13)31(41)35(45)36(46)32(26)42)6-2-10(17(9)19)22(21)30(40)24-12-4-8-16-20-15(7-3-11(18(12)20)23(24)29)27-28(16)34(44)38(48)37(47)33(27)43/h1-8H,39-48H2. The number of benzene rings is 7. The molecule has 0 fully saturated rings. The molecule has 0 radical (unpaired) electrons. The van der Waals surface area contributed by atoms with E-state index in [1.165, 1.54) is 0 Å². The minimum atomic E-state index is 0.295. The molecule has 48 heavy (non-hydrogen) atoms. The van der Waals surface area contributed by atoms with Crippen LogP contribution in [0.4, 0.5) is 56.9 Å². The van der Waals surface area contributed by atoms with Crippen molar-refractivity contribution in [1.29, 1.82) is 0 Å². The SMILES string of the molecule is Nc1c(N)c(N)c2c(c1N)-c1ccc3c4c(N)c5c6ccc7c8c(ccc(c5c(N)c4c4ccc-2c1c34)c86)=c1c(N)c(N)c(N)c(N)c1=7. The van der Waals surface area contributed by atoms with E-state index in [0.717, 1.165) is 108 Å². The third-order valence-corrected chi connectivity index (χ3v) is 11.4. The van der Waals surface area contributed by atoms with Crippen LogP contribution in [0.25, 0.3) is 86.9 Å². The summed E-state index contributed by atoms with van der Waals surface area (Å²) < 4.78 is 0. The summed E-state index contributed by atoms with van der Waals surface area (Å²) in [5.74, 6) is 0. The highest BCUT2D eigenvalue weighted by Gasteiger charge is 2.32. The molecule has 2 aliphatic carbocycles. The maximum Gasteiger partial charge on any atom is 0.0809 e. The van der Waals surface area contributed by atoms with Gasteiger partial charge in [0.25, 0.3) is 0 Å². The lowest BCUT2D eigenvalue weighted by molar-refractivity contribution is 1.48. The van der Waals surface area contributed by atoms with Gasteiger partial charge in [-0.25, -0.2) is 0 Å². The van der Waals surface area contributed by atoms with Crippen LogP contribution in [0.3, 0.4) is 0 Å². The van der Waals surface area contributed by atoms with Gasteiger partial charge in [0, 0.05) is 54.5 Å². The molecule has 230 valence electrons. The fourth-order valence-corrected chi connectivity index (χ4v) is 9.34. The quantitative estimate of drug-likeness (QED) is 0.0711. The van der Waals surface area contributed by atoms with Gasteiger partial charge in [0.05, 0.1) is 45.5 Å². The third kappa shape index (κ3) is 2.29. The maximum atomic E-state index is 7.29. The largest absolute Gasteiger partial charge is 0.398 e. The molecule has 0 aromatic heterocycles. The highest BCUT2D eigenvalue weighted by atomic mass is 14.8. The summed E-state index contributed by atoms with van der Waals surface area (Å²) in [5, 5.41) is 15.4. The molecule has 0 bridgehead atoms. The predicted molar refractivity (Wildman–Crippen MR) is 204 cm³/mol. The second-order valence-electron chi connectivity index (χ2n) is 13.3. The molecule has 20 N–H and O–H groups in total. The molecule has 0 saturated heterocycles. The van der Waals surface area contributed by atoms with E-state index in [1.54, 1.807) is 0 Å². The maximum absolute atomic E-state index is 7.29. The van der Waals surface area contributed by atoms with Gasteiger partial charge in [0.1, 0.15) is 0 Å². The Labute approximate surface area is 270 Å². The summed E-state index contributed by atoms with van der Waals surface area (Å²) in [6, 6.07) is 16.7. The molecule has 2 aliphatic rings. The molecule has 0 atom stereocenters. The van der Waals surface area contributed by atoms with Crippen LogP contribution >= 0.6 is 0 Å². The van der Waals surface area contributed by atoms with E-state index in [9.17, 15) is 0 Å². The van der Waals surface area contributed by atoms with Crippen molar-refractivity contribution in [2.24, 2.45) is 0 Å². The molecule has 10 heteroatoms. The molecule has 0 spiro atoms. The summed E-state index contributed by atoms with van der Waals surface area (Å²) in [6.07, 6.45) is 0. The average molecular weight is 625 g/mol. The van der Waals surface area contributed by atoms with E-state index in [0.29, 0.717) is 56.9 Å². The van der Waals surface area contributed by atoms with Gasteiger partial charge in [-0.3, -0.25) is 0 Å². The van der Waals surface area contributed by atoms with Crippen LogP contribution in [0.1, 0.15) is 0 Å². The van der Waals surface area contributed by atoms with Gasteiger partial charge in [-0.05, 0) is 64.7 Å². The zero-order chi connectivity index (χ0) is 33.0. The van der Waals surface area contributed by atoms with Gasteiger partial charge in [-0.2, -0.15) is 0 Å². The topological polar surface area (TPSA) is 260 Å². The number of nitrogens with two attached hydrogens (primary N) is 10. The summed E-state index contributed by atoms with van der Waals surface area (Å²) in [4.78, 5) is 0. The third-order valence-electron chi connectivity index (χ3n) is 11.4. The second kappa shape index (κ2) is 7.37. The van der Waals surface area contributed by atoms with Crippen LogP contribution in [0.15, 0.2) is 48.5 Å². The van der Waals surface area contributed by atoms with Gasteiger partial charge in [-0.1, -0.05) is 48.5 Å². The second-order valence-corrected chi connectivity index (χ2v) is 13.3. The highest BCUT2D eigenvalue weighted by Crippen LogP contribution is 2.60. The van der Waals surface area contributed by atoms with E-state index in [-0.39, 0.29) is 0 Å². The highest BCUT2D eigenvalue weighted by molar-refractivity contribution is 6.47. The first kappa shape index (κ1) is 25.3. The number of hydrogen-bond acceptors (Lipinski definition) is 10. The van der Waals surface area contributed by atoms with Gasteiger partial charge >= 0.3 is 0 Å². The normalized spacial score (nSPS) is 13.0. The number of hydrogen-bond donors (Lipinski definition) is 10. The van der Waals surface area contributed by atoms with Crippen molar-refractivity contribution < 1.29 is 0 Å². The predicted octanol–water partition coefficient (Wildman–Crippen LogP) is 5.84. The molecule has 9 aromatic carbocycles. The van der Waals surface area contributed by atoms with Crippen molar-refractivity contribution in [1.82, 2.24) is 0 Å². The molecule has 0 amide bonds. The first-order valence-corrected chi connectivity index (χ1v) is 15.5. The molecule has 9 aromatic rings. The molecule has 10 nitrogen and oxygen atoms in total. The molecule has 0 saturated carbocycles. The lowest BCUT2D eigenvalue weighted by Crippen LogP contribution is -2.06. The van der Waals surface area contributed by atoms with Crippen LogP contribution in [0.5, 0.6) is 0 Å². The van der Waals surface area contributed by atoms with E-state index in [4.69, 9.17) is 57.3 Å². The van der Waals surface area contributed by atoms with Crippen LogP contribution in [0, 0.1) is 20.9 Å². The average Bonchev–Trinajstić information content (AvgIpc) is 3.81.